The maximum absolute atomic E-state index is 5.55. The van der Waals surface area contributed by atoms with Crippen LogP contribution in [0.3, 0.4) is 0 Å². The summed E-state index contributed by atoms with van der Waals surface area (Å²) < 4.78 is 11.1. The van der Waals surface area contributed by atoms with Crippen LogP contribution in [-0.4, -0.2) is 19.0 Å². The standard InChI is InChI=1S/C9H17O2/c1-5-9(4)10-6-8(2,3)7-11-9/h1,5-7H2,2-4H3. The molecule has 0 amide bonds. The highest BCUT2D eigenvalue weighted by Gasteiger charge is 2.35. The summed E-state index contributed by atoms with van der Waals surface area (Å²) in [6.07, 6.45) is 0.670. The third-order valence-corrected chi connectivity index (χ3v) is 1.99. The molecule has 1 aliphatic rings. The van der Waals surface area contributed by atoms with Crippen molar-refractivity contribution in [3.05, 3.63) is 6.92 Å². The van der Waals surface area contributed by atoms with Gasteiger partial charge in [0.15, 0.2) is 5.79 Å². The van der Waals surface area contributed by atoms with E-state index in [0.717, 1.165) is 13.2 Å². The third-order valence-electron chi connectivity index (χ3n) is 1.99. The van der Waals surface area contributed by atoms with Gasteiger partial charge in [-0.15, -0.1) is 0 Å². The van der Waals surface area contributed by atoms with Crippen molar-refractivity contribution < 1.29 is 9.47 Å². The quantitative estimate of drug-likeness (QED) is 0.579. The molecule has 0 spiro atoms. The van der Waals surface area contributed by atoms with Gasteiger partial charge in [0.1, 0.15) is 0 Å². The van der Waals surface area contributed by atoms with Gasteiger partial charge in [-0.2, -0.15) is 0 Å². The molecule has 1 fully saturated rings. The first-order valence-electron chi connectivity index (χ1n) is 4.05. The molecule has 1 rings (SSSR count). The van der Waals surface area contributed by atoms with Gasteiger partial charge in [0, 0.05) is 11.8 Å². The summed E-state index contributed by atoms with van der Waals surface area (Å²) in [5, 5.41) is 0. The average molecular weight is 157 g/mol. The van der Waals surface area contributed by atoms with Crippen molar-refractivity contribution in [3.8, 4) is 0 Å². The Labute approximate surface area is 68.9 Å². The first kappa shape index (κ1) is 9.01. The van der Waals surface area contributed by atoms with Crippen molar-refractivity contribution in [1.29, 1.82) is 0 Å². The van der Waals surface area contributed by atoms with Gasteiger partial charge in [0.05, 0.1) is 13.2 Å². The molecule has 0 atom stereocenters. The van der Waals surface area contributed by atoms with Crippen molar-refractivity contribution in [2.24, 2.45) is 5.41 Å². The fourth-order valence-electron chi connectivity index (χ4n) is 0.924. The zero-order valence-electron chi connectivity index (χ0n) is 7.64. The summed E-state index contributed by atoms with van der Waals surface area (Å²) in [6.45, 7) is 11.5. The Morgan fingerprint density at radius 2 is 1.64 bits per heavy atom. The second kappa shape index (κ2) is 2.76. The van der Waals surface area contributed by atoms with E-state index in [2.05, 4.69) is 20.8 Å². The second-order valence-electron chi connectivity index (χ2n) is 4.13. The monoisotopic (exact) mass is 157 g/mol. The van der Waals surface area contributed by atoms with Crippen molar-refractivity contribution in [3.63, 3.8) is 0 Å². The molecule has 2 nitrogen and oxygen atoms in total. The zero-order valence-corrected chi connectivity index (χ0v) is 7.64. The summed E-state index contributed by atoms with van der Waals surface area (Å²) in [5.41, 5.74) is 0.161. The van der Waals surface area contributed by atoms with Crippen LogP contribution in [0.15, 0.2) is 0 Å². The molecule has 0 aliphatic carbocycles. The van der Waals surface area contributed by atoms with Gasteiger partial charge in [0.2, 0.25) is 0 Å². The Hall–Kier alpha value is -0.0800. The van der Waals surface area contributed by atoms with E-state index in [9.17, 15) is 0 Å². The minimum Gasteiger partial charge on any atom is -0.350 e. The first-order valence-corrected chi connectivity index (χ1v) is 4.05. The van der Waals surface area contributed by atoms with Crippen LogP contribution in [0, 0.1) is 12.3 Å². The minimum absolute atomic E-state index is 0.161. The zero-order chi connectivity index (χ0) is 8.54. The molecule has 1 heterocycles. The van der Waals surface area contributed by atoms with Gasteiger partial charge in [-0.25, -0.2) is 0 Å². The lowest BCUT2D eigenvalue weighted by Crippen LogP contribution is -2.45. The highest BCUT2D eigenvalue weighted by atomic mass is 16.7. The number of ether oxygens (including phenoxy) is 2. The largest absolute Gasteiger partial charge is 0.350 e. The molecule has 1 aliphatic heterocycles. The van der Waals surface area contributed by atoms with Gasteiger partial charge < -0.3 is 9.47 Å². The fraction of sp³-hybridized carbons (Fsp3) is 0.889. The van der Waals surface area contributed by atoms with Crippen molar-refractivity contribution >= 4 is 0 Å². The molecule has 1 radical (unpaired) electrons. The molecule has 0 aromatic heterocycles. The lowest BCUT2D eigenvalue weighted by Gasteiger charge is -2.40. The topological polar surface area (TPSA) is 18.5 Å². The van der Waals surface area contributed by atoms with E-state index in [0.29, 0.717) is 6.42 Å². The van der Waals surface area contributed by atoms with Crippen LogP contribution in [0.4, 0.5) is 0 Å². The summed E-state index contributed by atoms with van der Waals surface area (Å²) >= 11 is 0. The van der Waals surface area contributed by atoms with Crippen molar-refractivity contribution in [2.75, 3.05) is 13.2 Å². The Balaban J connectivity index is 2.48. The molecule has 0 N–H and O–H groups in total. The molecule has 0 saturated carbocycles. The fourth-order valence-corrected chi connectivity index (χ4v) is 0.924. The van der Waals surface area contributed by atoms with Gasteiger partial charge in [-0.3, -0.25) is 0 Å². The molecule has 1 saturated heterocycles. The Morgan fingerprint density at radius 1 is 1.18 bits per heavy atom. The lowest BCUT2D eigenvalue weighted by atomic mass is 9.94. The van der Waals surface area contributed by atoms with E-state index >= 15 is 0 Å². The molecule has 2 heteroatoms. The molecular formula is C9H17O2. The Kier molecular flexibility index (Phi) is 2.26. The van der Waals surface area contributed by atoms with Crippen LogP contribution in [0.1, 0.15) is 27.2 Å². The highest BCUT2D eigenvalue weighted by molar-refractivity contribution is 4.77. The van der Waals surface area contributed by atoms with Crippen LogP contribution < -0.4 is 0 Å². The summed E-state index contributed by atoms with van der Waals surface area (Å²) in [7, 11) is 0. The van der Waals surface area contributed by atoms with Crippen LogP contribution >= 0.6 is 0 Å². The maximum Gasteiger partial charge on any atom is 0.165 e. The van der Waals surface area contributed by atoms with E-state index in [1.807, 2.05) is 6.92 Å². The molecular weight excluding hydrogens is 140 g/mol. The summed E-state index contributed by atoms with van der Waals surface area (Å²) in [5.74, 6) is -0.435. The van der Waals surface area contributed by atoms with Crippen LogP contribution in [-0.2, 0) is 9.47 Å². The molecule has 11 heavy (non-hydrogen) atoms. The highest BCUT2D eigenvalue weighted by Crippen LogP contribution is 2.30. The first-order chi connectivity index (χ1) is 4.97. The molecule has 65 valence electrons. The van der Waals surface area contributed by atoms with E-state index < -0.39 is 5.79 Å². The van der Waals surface area contributed by atoms with Gasteiger partial charge >= 0.3 is 0 Å². The smallest absolute Gasteiger partial charge is 0.165 e. The number of rotatable bonds is 1. The van der Waals surface area contributed by atoms with Gasteiger partial charge in [0.25, 0.3) is 0 Å². The lowest BCUT2D eigenvalue weighted by molar-refractivity contribution is -0.287. The Bertz CT molecular complexity index is 130. The SMILES string of the molecule is [CH2]CC1(C)OCC(C)(C)CO1. The van der Waals surface area contributed by atoms with E-state index in [4.69, 9.17) is 9.47 Å². The number of hydrogen-bond donors (Lipinski definition) is 0. The predicted molar refractivity (Wildman–Crippen MR) is 44.1 cm³/mol. The molecule has 0 aromatic carbocycles. The van der Waals surface area contributed by atoms with E-state index in [-0.39, 0.29) is 5.41 Å². The van der Waals surface area contributed by atoms with Crippen LogP contribution in [0.2, 0.25) is 0 Å². The van der Waals surface area contributed by atoms with Crippen LogP contribution in [0.5, 0.6) is 0 Å². The van der Waals surface area contributed by atoms with Crippen LogP contribution in [0.25, 0.3) is 0 Å². The van der Waals surface area contributed by atoms with Gasteiger partial charge in [-0.1, -0.05) is 13.8 Å². The van der Waals surface area contributed by atoms with E-state index in [1.54, 1.807) is 0 Å². The predicted octanol–water partition coefficient (Wildman–Crippen LogP) is 2.00. The average Bonchev–Trinajstić information content (AvgIpc) is 1.97. The summed E-state index contributed by atoms with van der Waals surface area (Å²) in [4.78, 5) is 0. The maximum atomic E-state index is 5.55. The van der Waals surface area contributed by atoms with Crippen molar-refractivity contribution in [2.45, 2.75) is 33.0 Å². The van der Waals surface area contributed by atoms with Crippen molar-refractivity contribution in [1.82, 2.24) is 0 Å². The number of hydrogen-bond acceptors (Lipinski definition) is 2. The normalized spacial score (nSPS) is 28.4. The van der Waals surface area contributed by atoms with Gasteiger partial charge in [-0.05, 0) is 13.8 Å². The Morgan fingerprint density at radius 3 is 2.00 bits per heavy atom. The molecule has 0 unspecified atom stereocenters. The third kappa shape index (κ3) is 2.17. The van der Waals surface area contributed by atoms with E-state index in [1.165, 1.54) is 0 Å². The minimum atomic E-state index is -0.435. The summed E-state index contributed by atoms with van der Waals surface area (Å²) in [6, 6.07) is 0. The molecule has 0 aromatic rings. The molecule has 0 bridgehead atoms. The second-order valence-corrected chi connectivity index (χ2v) is 4.13.